The Morgan fingerprint density at radius 3 is 2.71 bits per heavy atom. The highest BCUT2D eigenvalue weighted by molar-refractivity contribution is 6.35. The van der Waals surface area contributed by atoms with Gasteiger partial charge in [-0.2, -0.15) is 0 Å². The fraction of sp³-hybridized carbons (Fsp3) is 0.276. The number of hydrogen-bond donors (Lipinski definition) is 2. The zero-order valence-corrected chi connectivity index (χ0v) is 20.5. The minimum absolute atomic E-state index is 0.0509. The lowest BCUT2D eigenvalue weighted by Gasteiger charge is -2.32. The van der Waals surface area contributed by atoms with Crippen molar-refractivity contribution in [1.29, 1.82) is 0 Å². The lowest BCUT2D eigenvalue weighted by atomic mass is 9.89. The van der Waals surface area contributed by atoms with Crippen molar-refractivity contribution in [3.8, 4) is 0 Å². The average molecular weight is 490 g/mol. The maximum atomic E-state index is 14.0. The quantitative estimate of drug-likeness (QED) is 0.308. The van der Waals surface area contributed by atoms with Gasteiger partial charge in [0, 0.05) is 23.8 Å². The number of fused-ring (bicyclic) bond motifs is 1. The minimum atomic E-state index is -0.517. The Kier molecular flexibility index (Phi) is 6.89. The first-order valence-electron chi connectivity index (χ1n) is 12.1. The number of rotatable bonds is 6. The van der Waals surface area contributed by atoms with Gasteiger partial charge in [-0.3, -0.25) is 4.79 Å². The molecule has 1 aromatic heterocycles. The van der Waals surface area contributed by atoms with Gasteiger partial charge in [-0.1, -0.05) is 41.9 Å². The van der Waals surface area contributed by atoms with E-state index < -0.39 is 11.7 Å². The third-order valence-electron chi connectivity index (χ3n) is 7.15. The van der Waals surface area contributed by atoms with Crippen LogP contribution in [0.15, 0.2) is 66.9 Å². The molecule has 6 heteroatoms. The number of aromatic amines is 1. The van der Waals surface area contributed by atoms with E-state index in [0.29, 0.717) is 11.6 Å². The van der Waals surface area contributed by atoms with Crippen molar-refractivity contribution < 1.29 is 9.18 Å². The van der Waals surface area contributed by atoms with Crippen molar-refractivity contribution in [1.82, 2.24) is 9.88 Å². The van der Waals surface area contributed by atoms with Crippen LogP contribution in [0.4, 0.5) is 10.1 Å². The molecule has 1 fully saturated rings. The van der Waals surface area contributed by atoms with E-state index in [1.807, 2.05) is 30.3 Å². The van der Waals surface area contributed by atoms with Crippen LogP contribution in [-0.2, 0) is 6.42 Å². The number of halogens is 2. The van der Waals surface area contributed by atoms with Crippen molar-refractivity contribution in [3.63, 3.8) is 0 Å². The van der Waals surface area contributed by atoms with Crippen LogP contribution in [0.5, 0.6) is 0 Å². The number of para-hydroxylation sites is 1. The number of carbonyl (C=O) groups is 1. The van der Waals surface area contributed by atoms with Crippen LogP contribution in [-0.4, -0.2) is 35.4 Å². The third-order valence-corrected chi connectivity index (χ3v) is 7.46. The number of amides is 1. The van der Waals surface area contributed by atoms with Crippen LogP contribution in [0.1, 0.15) is 45.8 Å². The summed E-state index contributed by atoms with van der Waals surface area (Å²) >= 11 is 6.34. The average Bonchev–Trinajstić information content (AvgIpc) is 3.30. The first-order chi connectivity index (χ1) is 17.0. The van der Waals surface area contributed by atoms with Gasteiger partial charge in [-0.25, -0.2) is 4.39 Å². The lowest BCUT2D eigenvalue weighted by Crippen LogP contribution is -2.34. The Labute approximate surface area is 210 Å². The summed E-state index contributed by atoms with van der Waals surface area (Å²) in [6, 6.07) is 18.0. The van der Waals surface area contributed by atoms with Gasteiger partial charge in [-0.15, -0.1) is 0 Å². The Bertz CT molecular complexity index is 1360. The summed E-state index contributed by atoms with van der Waals surface area (Å²) in [6.45, 7) is 5.17. The molecule has 0 radical (unpaired) electrons. The fourth-order valence-electron chi connectivity index (χ4n) is 5.09. The van der Waals surface area contributed by atoms with Gasteiger partial charge in [0.05, 0.1) is 16.1 Å². The van der Waals surface area contributed by atoms with Gasteiger partial charge in [0.2, 0.25) is 0 Å². The van der Waals surface area contributed by atoms with Crippen molar-refractivity contribution in [2.24, 2.45) is 0 Å². The number of hydrogen-bond acceptors (Lipinski definition) is 2. The topological polar surface area (TPSA) is 48.1 Å². The number of benzene rings is 3. The summed E-state index contributed by atoms with van der Waals surface area (Å²) in [7, 11) is 0. The van der Waals surface area contributed by atoms with Crippen molar-refractivity contribution in [2.45, 2.75) is 32.1 Å². The van der Waals surface area contributed by atoms with E-state index in [2.05, 4.69) is 34.4 Å². The van der Waals surface area contributed by atoms with Crippen LogP contribution in [0.2, 0.25) is 5.02 Å². The summed E-state index contributed by atoms with van der Waals surface area (Å²) < 4.78 is 14.0. The van der Waals surface area contributed by atoms with Crippen molar-refractivity contribution in [2.75, 3.05) is 25.0 Å². The second kappa shape index (κ2) is 10.2. The second-order valence-electron chi connectivity index (χ2n) is 9.35. The van der Waals surface area contributed by atoms with E-state index in [-0.39, 0.29) is 5.56 Å². The molecule has 2 heterocycles. The first kappa shape index (κ1) is 23.6. The number of aryl methyl sites for hydroxylation is 1. The zero-order chi connectivity index (χ0) is 24.4. The maximum absolute atomic E-state index is 14.0. The Hall–Kier alpha value is -3.15. The number of nitrogens with one attached hydrogen (secondary N) is 2. The van der Waals surface area contributed by atoms with Crippen LogP contribution in [0, 0.1) is 12.7 Å². The molecule has 1 aliphatic rings. The van der Waals surface area contributed by atoms with Gasteiger partial charge >= 0.3 is 0 Å². The van der Waals surface area contributed by atoms with E-state index in [4.69, 9.17) is 11.6 Å². The normalized spacial score (nSPS) is 14.9. The molecular formula is C29H29ClFN3O. The van der Waals surface area contributed by atoms with Crippen LogP contribution < -0.4 is 5.32 Å². The van der Waals surface area contributed by atoms with Crippen LogP contribution in [0.25, 0.3) is 10.9 Å². The van der Waals surface area contributed by atoms with E-state index in [1.165, 1.54) is 34.2 Å². The van der Waals surface area contributed by atoms with Gasteiger partial charge in [0.25, 0.3) is 5.91 Å². The Morgan fingerprint density at radius 1 is 1.11 bits per heavy atom. The molecule has 1 aliphatic heterocycles. The van der Waals surface area contributed by atoms with Gasteiger partial charge in [0.1, 0.15) is 5.82 Å². The number of piperidine rings is 1. The molecule has 180 valence electrons. The number of H-pyrrole nitrogens is 1. The number of carbonyl (C=O) groups excluding carboxylic acids is 1. The molecule has 1 amide bonds. The SMILES string of the molecule is Cc1ccc(NC(=O)c2ccccc2F)cc1CCN1CCC(c2c[nH]c3c(Cl)cccc23)CC1. The summed E-state index contributed by atoms with van der Waals surface area (Å²) in [4.78, 5) is 18.4. The Morgan fingerprint density at radius 2 is 1.91 bits per heavy atom. The number of nitrogens with zero attached hydrogens (tertiary/aromatic N) is 1. The molecular weight excluding hydrogens is 461 g/mol. The van der Waals surface area contributed by atoms with E-state index in [0.717, 1.165) is 49.4 Å². The molecule has 1 saturated heterocycles. The molecule has 3 aromatic carbocycles. The summed E-state index contributed by atoms with van der Waals surface area (Å²) in [5, 5.41) is 4.85. The highest BCUT2D eigenvalue weighted by atomic mass is 35.5. The summed E-state index contributed by atoms with van der Waals surface area (Å²) in [6.07, 6.45) is 5.28. The van der Waals surface area contributed by atoms with Crippen molar-refractivity contribution >= 4 is 34.1 Å². The predicted molar refractivity (Wildman–Crippen MR) is 141 cm³/mol. The predicted octanol–water partition coefficient (Wildman–Crippen LogP) is 6.94. The third kappa shape index (κ3) is 5.12. The monoisotopic (exact) mass is 489 g/mol. The van der Waals surface area contributed by atoms with Gasteiger partial charge < -0.3 is 15.2 Å². The summed E-state index contributed by atoms with van der Waals surface area (Å²) in [5.74, 6) is -0.410. The fourth-order valence-corrected chi connectivity index (χ4v) is 5.31. The largest absolute Gasteiger partial charge is 0.360 e. The van der Waals surface area contributed by atoms with Crippen molar-refractivity contribution in [3.05, 3.63) is 100.0 Å². The molecule has 0 unspecified atom stereocenters. The Balaban J connectivity index is 1.18. The molecule has 4 aromatic rings. The number of likely N-dealkylation sites (tertiary alicyclic amines) is 1. The van der Waals surface area contributed by atoms with E-state index >= 15 is 0 Å². The smallest absolute Gasteiger partial charge is 0.258 e. The minimum Gasteiger partial charge on any atom is -0.360 e. The molecule has 0 bridgehead atoms. The number of anilines is 1. The van der Waals surface area contributed by atoms with Crippen LogP contribution >= 0.6 is 11.6 Å². The second-order valence-corrected chi connectivity index (χ2v) is 9.75. The highest BCUT2D eigenvalue weighted by Crippen LogP contribution is 2.35. The van der Waals surface area contributed by atoms with Gasteiger partial charge in [0.15, 0.2) is 0 Å². The molecule has 5 rings (SSSR count). The first-order valence-corrected chi connectivity index (χ1v) is 12.5. The molecule has 4 nitrogen and oxygen atoms in total. The molecule has 0 saturated carbocycles. The molecule has 2 N–H and O–H groups in total. The number of aromatic nitrogens is 1. The van der Waals surface area contributed by atoms with Gasteiger partial charge in [-0.05, 0) is 92.2 Å². The standard InChI is InChI=1S/C29H29ClFN3O/c1-19-9-10-22(33-29(35)24-5-2-3-8-27(24)31)17-21(19)13-16-34-14-11-20(12-15-34)25-18-32-28-23(25)6-4-7-26(28)30/h2-10,17-18,20,32H,11-16H2,1H3,(H,33,35). The summed E-state index contributed by atoms with van der Waals surface area (Å²) in [5.41, 5.74) is 5.54. The molecule has 0 aliphatic carbocycles. The molecule has 0 atom stereocenters. The highest BCUT2D eigenvalue weighted by Gasteiger charge is 2.23. The van der Waals surface area contributed by atoms with E-state index in [9.17, 15) is 9.18 Å². The lowest BCUT2D eigenvalue weighted by molar-refractivity contribution is 0.102. The van der Waals surface area contributed by atoms with Crippen LogP contribution in [0.3, 0.4) is 0 Å². The van der Waals surface area contributed by atoms with E-state index in [1.54, 1.807) is 12.1 Å². The maximum Gasteiger partial charge on any atom is 0.258 e. The zero-order valence-electron chi connectivity index (χ0n) is 19.8. The molecule has 35 heavy (non-hydrogen) atoms. The molecule has 0 spiro atoms.